The van der Waals surface area contributed by atoms with Crippen molar-refractivity contribution in [3.8, 4) is 0 Å². The molecule has 0 heterocycles. The first-order valence-corrected chi connectivity index (χ1v) is 3.13. The summed E-state index contributed by atoms with van der Waals surface area (Å²) in [4.78, 5) is 0. The van der Waals surface area contributed by atoms with Crippen LogP contribution in [-0.2, 0) is 19.6 Å². The third kappa shape index (κ3) is 2500. The minimum absolute atomic E-state index is 1.47. The Kier molecular flexibility index (Phi) is 72.0. The maximum absolute atomic E-state index is 4.48. The van der Waals surface area contributed by atoms with Crippen molar-refractivity contribution in [1.29, 1.82) is 0 Å². The molecule has 0 saturated carbocycles. The van der Waals surface area contributed by atoms with Gasteiger partial charge in [0.2, 0.25) is 0 Å². The van der Waals surface area contributed by atoms with Crippen LogP contribution in [0, 0.1) is 0 Å². The summed E-state index contributed by atoms with van der Waals surface area (Å²) in [5.41, 5.74) is 0. The van der Waals surface area contributed by atoms with Gasteiger partial charge in [-0.2, -0.15) is 28.2 Å². The third-order valence-corrected chi connectivity index (χ3v) is 0. The molecule has 58 valence electrons. The summed E-state index contributed by atoms with van der Waals surface area (Å²) >= 11 is 1.47. The second-order valence-corrected chi connectivity index (χ2v) is 1.52. The Morgan fingerprint density at radius 1 is 1.11 bits per heavy atom. The summed E-state index contributed by atoms with van der Waals surface area (Å²) in [6, 6.07) is 0. The quantitative estimate of drug-likeness (QED) is 0.362. The number of rotatable bonds is 0. The molecular weight excluding hydrogens is 200 g/mol. The van der Waals surface area contributed by atoms with Crippen molar-refractivity contribution in [2.45, 2.75) is 0 Å². The molecule has 0 aromatic rings. The van der Waals surface area contributed by atoms with Crippen molar-refractivity contribution >= 4 is 0 Å². The molecule has 5 heteroatoms. The molecule has 9 heavy (non-hydrogen) atoms. The van der Waals surface area contributed by atoms with E-state index in [0.717, 1.165) is 0 Å². The molecule has 0 atom stereocenters. The summed E-state index contributed by atoms with van der Waals surface area (Å²) in [6.45, 7) is 0. The van der Waals surface area contributed by atoms with Gasteiger partial charge in [0.05, 0.1) is 0 Å². The molecule has 0 bridgehead atoms. The predicted octanol–water partition coefficient (Wildman–Crippen LogP) is 0.830. The van der Waals surface area contributed by atoms with E-state index in [2.05, 4.69) is 20.1 Å². The van der Waals surface area contributed by atoms with E-state index in [1.807, 2.05) is 0 Å². The zero-order valence-electron chi connectivity index (χ0n) is 6.33. The molecule has 2 N–H and O–H groups in total. The molecule has 0 amide bonds. The molecule has 0 fully saturated rings. The predicted molar refractivity (Wildman–Crippen MR) is 37.0 cm³/mol. The topological polar surface area (TPSA) is 66.6 Å². The summed E-state index contributed by atoms with van der Waals surface area (Å²) in [6.07, 6.45) is 0. The average Bonchev–Trinajstić information content (AvgIpc) is 1.70. The van der Waals surface area contributed by atoms with Crippen molar-refractivity contribution in [3.63, 3.8) is 0 Å². The van der Waals surface area contributed by atoms with E-state index in [0.29, 0.717) is 0 Å². The van der Waals surface area contributed by atoms with Gasteiger partial charge in [0.25, 0.3) is 0 Å². The molecule has 0 aliphatic heterocycles. The minimum atomic E-state index is 1.47. The Hall–Kier alpha value is 0.368. The summed E-state index contributed by atoms with van der Waals surface area (Å²) < 4.78 is 3.01. The van der Waals surface area contributed by atoms with Gasteiger partial charge < -0.3 is 10.6 Å². The normalized spacial score (nSPS) is 5.44. The van der Waals surface area contributed by atoms with Crippen LogP contribution >= 0.6 is 0 Å². The standard InChI is InChI=1S/2C2H6N.Mo.H2N2/c2*1-3-2;;1-2/h2*1-2H3;;1H2/q2*-1;;. The van der Waals surface area contributed by atoms with Gasteiger partial charge in [-0.1, -0.05) is 0 Å². The average molecular weight is 214 g/mol. The summed E-state index contributed by atoms with van der Waals surface area (Å²) in [5.74, 6) is 4.48. The molecule has 0 spiro atoms. The molecule has 4 nitrogen and oxygen atoms in total. The van der Waals surface area contributed by atoms with Gasteiger partial charge in [0.15, 0.2) is 0 Å². The van der Waals surface area contributed by atoms with Crippen LogP contribution in [0.2, 0.25) is 0 Å². The molecule has 0 saturated heterocycles. The molecule has 0 aliphatic carbocycles. The van der Waals surface area contributed by atoms with Crippen LogP contribution in [0.25, 0.3) is 10.6 Å². The summed E-state index contributed by atoms with van der Waals surface area (Å²) in [7, 11) is 7.00. The molecule has 0 rings (SSSR count). The number of nitrogens with zero attached hydrogens (tertiary/aromatic N) is 3. The zero-order valence-corrected chi connectivity index (χ0v) is 8.33. The SMILES string of the molecule is C[N-]C.C[N-]C.N[N]=[Mo]. The molecule has 0 radical (unpaired) electrons. The molecule has 0 aliphatic rings. The van der Waals surface area contributed by atoms with Crippen LogP contribution in [0.3, 0.4) is 0 Å². The Balaban J connectivity index is -0.0000000600. The third-order valence-electron chi connectivity index (χ3n) is 0. The number of hydrogen-bond donors (Lipinski definition) is 1. The molecule has 0 aromatic carbocycles. The van der Waals surface area contributed by atoms with Crippen LogP contribution in [0.15, 0.2) is 3.60 Å². The fraction of sp³-hybridized carbons (Fsp3) is 1.00. The van der Waals surface area contributed by atoms with E-state index in [9.17, 15) is 0 Å². The first-order chi connectivity index (χ1) is 4.24. The van der Waals surface area contributed by atoms with E-state index in [-0.39, 0.29) is 0 Å². The second-order valence-electron chi connectivity index (χ2n) is 1.000. The van der Waals surface area contributed by atoms with Crippen LogP contribution < -0.4 is 5.84 Å². The van der Waals surface area contributed by atoms with E-state index in [1.54, 1.807) is 28.2 Å². The van der Waals surface area contributed by atoms with Crippen molar-refractivity contribution in [2.24, 2.45) is 9.45 Å². The fourth-order valence-corrected chi connectivity index (χ4v) is 0. The van der Waals surface area contributed by atoms with E-state index in [1.165, 1.54) is 19.6 Å². The fourth-order valence-electron chi connectivity index (χ4n) is 0. The zero-order chi connectivity index (χ0) is 8.12. The van der Waals surface area contributed by atoms with Crippen molar-refractivity contribution < 1.29 is 19.6 Å². The van der Waals surface area contributed by atoms with Gasteiger partial charge >= 0.3 is 29.1 Å². The number of nitrogens with two attached hydrogens (primary N) is 1. The molecular formula is C4H14MoN4-2. The molecule has 0 aromatic heterocycles. The van der Waals surface area contributed by atoms with Crippen molar-refractivity contribution in [2.75, 3.05) is 28.2 Å². The van der Waals surface area contributed by atoms with E-state index >= 15 is 0 Å². The Labute approximate surface area is 68.3 Å². The Morgan fingerprint density at radius 3 is 1.11 bits per heavy atom. The van der Waals surface area contributed by atoms with Gasteiger partial charge in [-0.25, -0.2) is 0 Å². The van der Waals surface area contributed by atoms with Gasteiger partial charge in [0.1, 0.15) is 0 Å². The number of hydrogen-bond acceptors (Lipinski definition) is 2. The first kappa shape index (κ1) is 16.2. The second kappa shape index (κ2) is 40.0. The van der Waals surface area contributed by atoms with Gasteiger partial charge in [-0.15, -0.1) is 0 Å². The Morgan fingerprint density at radius 2 is 1.11 bits per heavy atom. The van der Waals surface area contributed by atoms with E-state index in [4.69, 9.17) is 0 Å². The monoisotopic (exact) mass is 216 g/mol. The van der Waals surface area contributed by atoms with Crippen LogP contribution in [0.5, 0.6) is 0 Å². The van der Waals surface area contributed by atoms with Gasteiger partial charge in [-0.3, -0.25) is 0 Å². The van der Waals surface area contributed by atoms with Crippen LogP contribution in [-0.4, -0.2) is 28.2 Å². The van der Waals surface area contributed by atoms with Crippen LogP contribution in [0.4, 0.5) is 0 Å². The van der Waals surface area contributed by atoms with Gasteiger partial charge in [-0.05, 0) is 0 Å². The van der Waals surface area contributed by atoms with Crippen molar-refractivity contribution in [1.82, 2.24) is 0 Å². The molecule has 0 unspecified atom stereocenters. The van der Waals surface area contributed by atoms with Crippen molar-refractivity contribution in [3.05, 3.63) is 10.6 Å². The summed E-state index contributed by atoms with van der Waals surface area (Å²) in [5, 5.41) is 7.00. The van der Waals surface area contributed by atoms with E-state index < -0.39 is 0 Å². The first-order valence-electron chi connectivity index (χ1n) is 2.23. The Bertz CT molecular complexity index is 31.7. The van der Waals surface area contributed by atoms with Crippen LogP contribution in [0.1, 0.15) is 0 Å². The maximum atomic E-state index is 4.48. The van der Waals surface area contributed by atoms with Gasteiger partial charge in [0, 0.05) is 0 Å².